The lowest BCUT2D eigenvalue weighted by Gasteiger charge is -2.20. The predicted octanol–water partition coefficient (Wildman–Crippen LogP) is 1.15. The summed E-state index contributed by atoms with van der Waals surface area (Å²) in [5.41, 5.74) is 5.22. The van der Waals surface area contributed by atoms with E-state index < -0.39 is 22.0 Å². The van der Waals surface area contributed by atoms with Gasteiger partial charge in [0.05, 0.1) is 3.79 Å². The Morgan fingerprint density at radius 1 is 1.53 bits per heavy atom. The summed E-state index contributed by atoms with van der Waals surface area (Å²) in [5.74, 6) is -0.582. The smallest absolute Gasteiger partial charge is 0.253 e. The summed E-state index contributed by atoms with van der Waals surface area (Å²) in [6.07, 6.45) is 1.17. The Labute approximate surface area is 112 Å². The molecule has 0 radical (unpaired) electrons. The Hall–Kier alpha value is -0.440. The van der Waals surface area contributed by atoms with Crippen LogP contribution in [0, 0.1) is 0 Å². The van der Waals surface area contributed by atoms with Gasteiger partial charge >= 0.3 is 0 Å². The van der Waals surface area contributed by atoms with E-state index in [1.54, 1.807) is 6.07 Å². The summed E-state index contributed by atoms with van der Waals surface area (Å²) in [4.78, 5) is 11.2. The first-order chi connectivity index (χ1) is 7.93. The predicted molar refractivity (Wildman–Crippen MR) is 68.1 cm³/mol. The molecule has 0 unspecified atom stereocenters. The average Bonchev–Trinajstić information content (AvgIpc) is 2.84. The molecule has 1 fully saturated rings. The fourth-order valence-electron chi connectivity index (χ4n) is 1.86. The SMILES string of the molecule is NC(=O)[C@H]1CCCN1S(=O)(=O)c1ccc(Br)s1. The molecule has 5 nitrogen and oxygen atoms in total. The summed E-state index contributed by atoms with van der Waals surface area (Å²) in [5, 5.41) is 0. The fourth-order valence-corrected chi connectivity index (χ4v) is 5.67. The van der Waals surface area contributed by atoms with Crippen molar-refractivity contribution in [2.24, 2.45) is 5.73 Å². The molecule has 1 atom stereocenters. The second-order valence-corrected chi connectivity index (χ2v) is 8.32. The lowest BCUT2D eigenvalue weighted by atomic mass is 10.2. The van der Waals surface area contributed by atoms with E-state index in [1.165, 1.54) is 10.4 Å². The first-order valence-corrected chi connectivity index (χ1v) is 8.04. The van der Waals surface area contributed by atoms with Crippen molar-refractivity contribution in [3.63, 3.8) is 0 Å². The monoisotopic (exact) mass is 338 g/mol. The molecule has 8 heteroatoms. The zero-order chi connectivity index (χ0) is 12.6. The number of thiophene rings is 1. The van der Waals surface area contributed by atoms with Crippen LogP contribution in [-0.4, -0.2) is 31.2 Å². The highest BCUT2D eigenvalue weighted by atomic mass is 79.9. The summed E-state index contributed by atoms with van der Waals surface area (Å²) < 4.78 is 26.7. The Bertz CT molecular complexity index is 540. The number of hydrogen-bond donors (Lipinski definition) is 1. The van der Waals surface area contributed by atoms with E-state index in [0.29, 0.717) is 19.4 Å². The molecule has 0 aliphatic carbocycles. The number of amides is 1. The third kappa shape index (κ3) is 2.40. The maximum Gasteiger partial charge on any atom is 0.253 e. The summed E-state index contributed by atoms with van der Waals surface area (Å²) in [7, 11) is -3.59. The van der Waals surface area contributed by atoms with E-state index in [9.17, 15) is 13.2 Å². The number of halogens is 1. The first-order valence-electron chi connectivity index (χ1n) is 4.99. The Morgan fingerprint density at radius 2 is 2.24 bits per heavy atom. The minimum absolute atomic E-state index is 0.234. The molecule has 1 aromatic heterocycles. The number of hydrogen-bond acceptors (Lipinski definition) is 4. The van der Waals surface area contributed by atoms with E-state index in [-0.39, 0.29) is 4.21 Å². The van der Waals surface area contributed by atoms with Crippen LogP contribution in [0.15, 0.2) is 20.1 Å². The van der Waals surface area contributed by atoms with Gasteiger partial charge in [0.15, 0.2) is 0 Å². The van der Waals surface area contributed by atoms with Crippen LogP contribution in [0.4, 0.5) is 0 Å². The molecule has 0 aromatic carbocycles. The van der Waals surface area contributed by atoms with Gasteiger partial charge in [-0.1, -0.05) is 0 Å². The van der Waals surface area contributed by atoms with E-state index in [2.05, 4.69) is 15.9 Å². The number of primary amides is 1. The third-order valence-corrected chi connectivity index (χ3v) is 6.64. The minimum Gasteiger partial charge on any atom is -0.368 e. The highest BCUT2D eigenvalue weighted by molar-refractivity contribution is 9.11. The van der Waals surface area contributed by atoms with Gasteiger partial charge in [0, 0.05) is 6.54 Å². The van der Waals surface area contributed by atoms with Gasteiger partial charge < -0.3 is 5.73 Å². The van der Waals surface area contributed by atoms with E-state index in [0.717, 1.165) is 15.1 Å². The van der Waals surface area contributed by atoms with Crippen LogP contribution in [0.1, 0.15) is 12.8 Å². The molecule has 0 bridgehead atoms. The van der Waals surface area contributed by atoms with Gasteiger partial charge in [-0.25, -0.2) is 8.42 Å². The van der Waals surface area contributed by atoms with Crippen LogP contribution >= 0.6 is 27.3 Å². The number of carbonyl (C=O) groups excluding carboxylic acids is 1. The van der Waals surface area contributed by atoms with E-state index in [4.69, 9.17) is 5.73 Å². The molecule has 1 amide bonds. The molecule has 1 saturated heterocycles. The molecular weight excluding hydrogens is 328 g/mol. The molecule has 94 valence electrons. The zero-order valence-corrected chi connectivity index (χ0v) is 12.0. The normalized spacial score (nSPS) is 21.8. The highest BCUT2D eigenvalue weighted by Gasteiger charge is 2.38. The molecule has 0 spiro atoms. The number of sulfonamides is 1. The number of carbonyl (C=O) groups is 1. The summed E-state index contributed by atoms with van der Waals surface area (Å²) >= 11 is 4.35. The second-order valence-electron chi connectivity index (χ2n) is 3.73. The van der Waals surface area contributed by atoms with Gasteiger partial charge in [-0.2, -0.15) is 4.31 Å². The van der Waals surface area contributed by atoms with Crippen molar-refractivity contribution in [2.75, 3.05) is 6.54 Å². The van der Waals surface area contributed by atoms with Gasteiger partial charge in [0.1, 0.15) is 10.3 Å². The number of rotatable bonds is 3. The van der Waals surface area contributed by atoms with Crippen LogP contribution < -0.4 is 5.73 Å². The van der Waals surface area contributed by atoms with Gasteiger partial charge in [0.2, 0.25) is 5.91 Å². The lowest BCUT2D eigenvalue weighted by molar-refractivity contribution is -0.121. The molecule has 1 aliphatic heterocycles. The van der Waals surface area contributed by atoms with Crippen LogP contribution in [-0.2, 0) is 14.8 Å². The van der Waals surface area contributed by atoms with Crippen LogP contribution in [0.5, 0.6) is 0 Å². The first kappa shape index (κ1) is 13.0. The van der Waals surface area contributed by atoms with Crippen LogP contribution in [0.3, 0.4) is 0 Å². The van der Waals surface area contributed by atoms with Crippen molar-refractivity contribution in [1.29, 1.82) is 0 Å². The molecule has 2 rings (SSSR count). The van der Waals surface area contributed by atoms with Crippen molar-refractivity contribution in [3.8, 4) is 0 Å². The molecule has 1 aliphatic rings. The fraction of sp³-hybridized carbons (Fsp3) is 0.444. The van der Waals surface area contributed by atoms with Crippen molar-refractivity contribution in [1.82, 2.24) is 4.31 Å². The maximum atomic E-state index is 12.3. The van der Waals surface area contributed by atoms with Crippen LogP contribution in [0.25, 0.3) is 0 Å². The lowest BCUT2D eigenvalue weighted by Crippen LogP contribution is -2.43. The molecule has 2 heterocycles. The molecular formula is C9H11BrN2O3S2. The van der Waals surface area contributed by atoms with Crippen molar-refractivity contribution in [2.45, 2.75) is 23.1 Å². The van der Waals surface area contributed by atoms with Crippen molar-refractivity contribution in [3.05, 3.63) is 15.9 Å². The molecule has 17 heavy (non-hydrogen) atoms. The molecule has 0 saturated carbocycles. The topological polar surface area (TPSA) is 80.5 Å². The number of nitrogens with two attached hydrogens (primary N) is 1. The van der Waals surface area contributed by atoms with E-state index >= 15 is 0 Å². The van der Waals surface area contributed by atoms with Gasteiger partial charge in [-0.15, -0.1) is 11.3 Å². The van der Waals surface area contributed by atoms with E-state index in [1.807, 2.05) is 0 Å². The zero-order valence-electron chi connectivity index (χ0n) is 8.80. The summed E-state index contributed by atoms with van der Waals surface area (Å²) in [6.45, 7) is 0.353. The van der Waals surface area contributed by atoms with Gasteiger partial charge in [-0.05, 0) is 40.9 Å². The standard InChI is InChI=1S/C9H11BrN2O3S2/c10-7-3-4-8(16-7)17(14,15)12-5-1-2-6(12)9(11)13/h3-4,6H,1-2,5H2,(H2,11,13)/t6-/m1/s1. The number of nitrogens with zero attached hydrogens (tertiary/aromatic N) is 1. The Balaban J connectivity index is 2.36. The third-order valence-electron chi connectivity index (χ3n) is 2.64. The van der Waals surface area contributed by atoms with Crippen molar-refractivity contribution < 1.29 is 13.2 Å². The maximum absolute atomic E-state index is 12.3. The Morgan fingerprint density at radius 3 is 2.76 bits per heavy atom. The second kappa shape index (κ2) is 4.68. The highest BCUT2D eigenvalue weighted by Crippen LogP contribution is 2.32. The Kier molecular flexibility index (Phi) is 3.58. The average molecular weight is 339 g/mol. The van der Waals surface area contributed by atoms with Crippen LogP contribution in [0.2, 0.25) is 0 Å². The van der Waals surface area contributed by atoms with Gasteiger partial charge in [-0.3, -0.25) is 4.79 Å². The molecule has 2 N–H and O–H groups in total. The minimum atomic E-state index is -3.59. The summed E-state index contributed by atoms with van der Waals surface area (Å²) in [6, 6.07) is 2.49. The van der Waals surface area contributed by atoms with Crippen molar-refractivity contribution >= 4 is 43.2 Å². The largest absolute Gasteiger partial charge is 0.368 e. The van der Waals surface area contributed by atoms with Gasteiger partial charge in [0.25, 0.3) is 10.0 Å². The quantitative estimate of drug-likeness (QED) is 0.897. The molecule has 1 aromatic rings.